The molecule has 6 heteroatoms. The Morgan fingerprint density at radius 3 is 2.69 bits per heavy atom. The Hall–Kier alpha value is -1.80. The van der Waals surface area contributed by atoms with E-state index in [-0.39, 0.29) is 30.1 Å². The topological polar surface area (TPSA) is 54.9 Å². The molecule has 0 amide bonds. The van der Waals surface area contributed by atoms with E-state index in [9.17, 15) is 0 Å². The van der Waals surface area contributed by atoms with Crippen molar-refractivity contribution in [3.63, 3.8) is 0 Å². The second-order valence-corrected chi connectivity index (χ2v) is 7.24. The van der Waals surface area contributed by atoms with E-state index in [0.29, 0.717) is 13.2 Å². The van der Waals surface area contributed by atoms with Crippen molar-refractivity contribution in [3.05, 3.63) is 64.7 Å². The normalized spacial score (nSPS) is 16.2. The maximum atomic E-state index is 6.18. The summed E-state index contributed by atoms with van der Waals surface area (Å²) in [6.07, 6.45) is 2.06. The van der Waals surface area contributed by atoms with E-state index in [4.69, 9.17) is 9.47 Å². The van der Waals surface area contributed by atoms with Gasteiger partial charge in [-0.05, 0) is 43.0 Å². The quantitative estimate of drug-likeness (QED) is 0.337. The fourth-order valence-electron chi connectivity index (χ4n) is 3.31. The number of hydrogen-bond acceptors (Lipinski definition) is 3. The van der Waals surface area contributed by atoms with Gasteiger partial charge < -0.3 is 20.1 Å². The maximum Gasteiger partial charge on any atom is 0.191 e. The summed E-state index contributed by atoms with van der Waals surface area (Å²) in [4.78, 5) is 4.34. The SMILES string of the molecule is CN=C(NCCc1ccccc1C)NCc1ccc(C)cc1OC1CCOC1.I. The van der Waals surface area contributed by atoms with Crippen molar-refractivity contribution < 1.29 is 9.47 Å². The lowest BCUT2D eigenvalue weighted by Crippen LogP contribution is -2.38. The average molecular weight is 509 g/mol. The number of halogens is 1. The van der Waals surface area contributed by atoms with Gasteiger partial charge in [0.1, 0.15) is 11.9 Å². The zero-order chi connectivity index (χ0) is 19.8. The Morgan fingerprint density at radius 1 is 1.14 bits per heavy atom. The predicted octanol–water partition coefficient (Wildman–Crippen LogP) is 4.00. The molecule has 0 aliphatic carbocycles. The fourth-order valence-corrected chi connectivity index (χ4v) is 3.31. The third-order valence-corrected chi connectivity index (χ3v) is 5.02. The van der Waals surface area contributed by atoms with Crippen LogP contribution in [0.4, 0.5) is 0 Å². The summed E-state index contributed by atoms with van der Waals surface area (Å²) in [5.41, 5.74) is 5.00. The Morgan fingerprint density at radius 2 is 1.97 bits per heavy atom. The lowest BCUT2D eigenvalue weighted by Gasteiger charge is -2.18. The summed E-state index contributed by atoms with van der Waals surface area (Å²) in [5.74, 6) is 1.72. The van der Waals surface area contributed by atoms with Crippen LogP contribution in [0.3, 0.4) is 0 Å². The molecular weight excluding hydrogens is 477 g/mol. The molecule has 0 saturated carbocycles. The van der Waals surface area contributed by atoms with Crippen LogP contribution in [0.2, 0.25) is 0 Å². The van der Waals surface area contributed by atoms with Crippen LogP contribution < -0.4 is 15.4 Å². The summed E-state index contributed by atoms with van der Waals surface area (Å²) in [6, 6.07) is 14.8. The second kappa shape index (κ2) is 12.0. The highest BCUT2D eigenvalue weighted by molar-refractivity contribution is 14.0. The number of guanidine groups is 1. The Bertz CT molecular complexity index is 804. The minimum atomic E-state index is 0. The van der Waals surface area contributed by atoms with Crippen LogP contribution in [0.15, 0.2) is 47.5 Å². The summed E-state index contributed by atoms with van der Waals surface area (Å²) in [7, 11) is 1.80. The zero-order valence-electron chi connectivity index (χ0n) is 17.5. The van der Waals surface area contributed by atoms with Crippen LogP contribution in [0, 0.1) is 13.8 Å². The molecular formula is C23H32IN3O2. The van der Waals surface area contributed by atoms with E-state index in [0.717, 1.165) is 43.3 Å². The zero-order valence-corrected chi connectivity index (χ0v) is 19.9. The average Bonchev–Trinajstić information content (AvgIpc) is 3.20. The monoisotopic (exact) mass is 509 g/mol. The number of benzene rings is 2. The minimum absolute atomic E-state index is 0. The van der Waals surface area contributed by atoms with Gasteiger partial charge in [0.05, 0.1) is 13.2 Å². The molecule has 0 spiro atoms. The van der Waals surface area contributed by atoms with Gasteiger partial charge in [0, 0.05) is 32.1 Å². The molecule has 1 fully saturated rings. The van der Waals surface area contributed by atoms with Crippen LogP contribution in [0.1, 0.15) is 28.7 Å². The molecule has 1 unspecified atom stereocenters. The molecule has 0 radical (unpaired) electrons. The Labute approximate surface area is 191 Å². The van der Waals surface area contributed by atoms with Gasteiger partial charge in [0.25, 0.3) is 0 Å². The van der Waals surface area contributed by atoms with Crippen molar-refractivity contribution in [1.29, 1.82) is 0 Å². The van der Waals surface area contributed by atoms with E-state index in [1.165, 1.54) is 16.7 Å². The van der Waals surface area contributed by atoms with Crippen LogP contribution in [-0.4, -0.2) is 38.9 Å². The highest BCUT2D eigenvalue weighted by atomic mass is 127. The van der Waals surface area contributed by atoms with Gasteiger partial charge in [-0.1, -0.05) is 36.4 Å². The Balaban J connectivity index is 0.00000300. The lowest BCUT2D eigenvalue weighted by molar-refractivity contribution is 0.140. The van der Waals surface area contributed by atoms with Crippen molar-refractivity contribution >= 4 is 29.9 Å². The van der Waals surface area contributed by atoms with E-state index in [1.807, 2.05) is 0 Å². The number of ether oxygens (including phenoxy) is 2. The van der Waals surface area contributed by atoms with Crippen LogP contribution in [0.25, 0.3) is 0 Å². The molecule has 1 heterocycles. The van der Waals surface area contributed by atoms with Crippen LogP contribution in [-0.2, 0) is 17.7 Å². The van der Waals surface area contributed by atoms with Crippen molar-refractivity contribution in [2.24, 2.45) is 4.99 Å². The maximum absolute atomic E-state index is 6.18. The van der Waals surface area contributed by atoms with Gasteiger partial charge in [0.15, 0.2) is 5.96 Å². The van der Waals surface area contributed by atoms with Gasteiger partial charge in [-0.15, -0.1) is 24.0 Å². The van der Waals surface area contributed by atoms with E-state index < -0.39 is 0 Å². The number of hydrogen-bond donors (Lipinski definition) is 2. The van der Waals surface area contributed by atoms with Crippen LogP contribution >= 0.6 is 24.0 Å². The van der Waals surface area contributed by atoms with Gasteiger partial charge >= 0.3 is 0 Å². The molecule has 0 bridgehead atoms. The summed E-state index contributed by atoms with van der Waals surface area (Å²) in [6.45, 7) is 7.18. The molecule has 2 aromatic rings. The van der Waals surface area contributed by atoms with Crippen molar-refractivity contribution in [1.82, 2.24) is 10.6 Å². The van der Waals surface area contributed by atoms with Gasteiger partial charge in [0.2, 0.25) is 0 Å². The minimum Gasteiger partial charge on any atom is -0.488 e. The smallest absolute Gasteiger partial charge is 0.191 e. The standard InChI is InChI=1S/C23H31N3O2.HI/c1-17-8-9-20(22(14-17)28-21-11-13-27-16-21)15-26-23(24-3)25-12-10-19-7-5-4-6-18(19)2;/h4-9,14,21H,10-13,15-16H2,1-3H3,(H2,24,25,26);1H. The molecule has 2 aromatic carbocycles. The highest BCUT2D eigenvalue weighted by Gasteiger charge is 2.18. The first-order valence-corrected chi connectivity index (χ1v) is 9.98. The molecule has 1 atom stereocenters. The number of aliphatic imine (C=N–C) groups is 1. The lowest BCUT2D eigenvalue weighted by atomic mass is 10.1. The Kier molecular flexibility index (Phi) is 9.73. The largest absolute Gasteiger partial charge is 0.488 e. The van der Waals surface area contributed by atoms with E-state index in [2.05, 4.69) is 71.9 Å². The second-order valence-electron chi connectivity index (χ2n) is 7.24. The molecule has 1 aliphatic heterocycles. The summed E-state index contributed by atoms with van der Waals surface area (Å²) in [5, 5.41) is 6.80. The fraction of sp³-hybridized carbons (Fsp3) is 0.435. The van der Waals surface area contributed by atoms with E-state index in [1.54, 1.807) is 7.05 Å². The first-order valence-electron chi connectivity index (χ1n) is 9.98. The first-order chi connectivity index (χ1) is 13.7. The first kappa shape index (κ1) is 23.5. The molecule has 1 saturated heterocycles. The highest BCUT2D eigenvalue weighted by Crippen LogP contribution is 2.23. The van der Waals surface area contributed by atoms with Gasteiger partial charge in [-0.25, -0.2) is 0 Å². The van der Waals surface area contributed by atoms with Crippen LogP contribution in [0.5, 0.6) is 5.75 Å². The molecule has 1 aliphatic rings. The number of nitrogens with zero attached hydrogens (tertiary/aromatic N) is 1. The van der Waals surface area contributed by atoms with E-state index >= 15 is 0 Å². The molecule has 2 N–H and O–H groups in total. The molecule has 3 rings (SSSR count). The summed E-state index contributed by atoms with van der Waals surface area (Å²) < 4.78 is 11.6. The molecule has 0 aromatic heterocycles. The van der Waals surface area contributed by atoms with Crippen molar-refractivity contribution in [3.8, 4) is 5.75 Å². The van der Waals surface area contributed by atoms with Crippen molar-refractivity contribution in [2.75, 3.05) is 26.8 Å². The molecule has 158 valence electrons. The number of aryl methyl sites for hydroxylation is 2. The number of rotatable bonds is 7. The third kappa shape index (κ3) is 7.19. The molecule has 5 nitrogen and oxygen atoms in total. The summed E-state index contributed by atoms with van der Waals surface area (Å²) >= 11 is 0. The third-order valence-electron chi connectivity index (χ3n) is 5.02. The molecule has 29 heavy (non-hydrogen) atoms. The van der Waals surface area contributed by atoms with Gasteiger partial charge in [-0.3, -0.25) is 4.99 Å². The number of nitrogens with one attached hydrogen (secondary N) is 2. The van der Waals surface area contributed by atoms with Gasteiger partial charge in [-0.2, -0.15) is 0 Å². The van der Waals surface area contributed by atoms with Crippen molar-refractivity contribution in [2.45, 2.75) is 39.3 Å². The predicted molar refractivity (Wildman–Crippen MR) is 130 cm³/mol.